The number of phosphoric acid groups is 1. The summed E-state index contributed by atoms with van der Waals surface area (Å²) < 4.78 is 76.7. The van der Waals surface area contributed by atoms with Gasteiger partial charge in [0.25, 0.3) is 5.79 Å². The number of phosphoric ester groups is 1. The number of hydrogen-bond acceptors (Lipinski definition) is 18. The van der Waals surface area contributed by atoms with Crippen molar-refractivity contribution < 1.29 is 85.5 Å². The topological polar surface area (TPSA) is 267 Å². The van der Waals surface area contributed by atoms with Crippen molar-refractivity contribution in [2.75, 3.05) is 13.2 Å². The fraction of sp³-hybridized carbons (Fsp3) is 0.786. The molecule has 1 saturated heterocycles. The lowest BCUT2D eigenvalue weighted by atomic mass is 9.75. The molecule has 762 valence electrons. The molecule has 1 aliphatic rings. The highest BCUT2D eigenvalue weighted by Crippen LogP contribution is 2.57. The summed E-state index contributed by atoms with van der Waals surface area (Å²) in [5.41, 5.74) is -2.14. The highest BCUT2D eigenvalue weighted by Gasteiger charge is 2.72. The van der Waals surface area contributed by atoms with Crippen LogP contribution in [0.5, 0.6) is 11.5 Å². The Morgan fingerprint density at radius 1 is 0.368 bits per heavy atom. The predicted octanol–water partition coefficient (Wildman–Crippen LogP) is 30.3. The number of unbranched alkanes of at least 4 members (excludes halogenated alkanes) is 54. The second kappa shape index (κ2) is 80.0. The maximum atomic E-state index is 16.5. The Morgan fingerprint density at radius 3 is 0.985 bits per heavy atom. The minimum Gasteiger partial charge on any atom is -0.462 e. The van der Waals surface area contributed by atoms with Crippen LogP contribution in [0.3, 0.4) is 0 Å². The van der Waals surface area contributed by atoms with Crippen LogP contribution in [0.4, 0.5) is 0 Å². The highest BCUT2D eigenvalue weighted by molar-refractivity contribution is 7.49. The number of aliphatic hydroxyl groups is 2. The lowest BCUT2D eigenvalue weighted by Gasteiger charge is -2.58. The summed E-state index contributed by atoms with van der Waals surface area (Å²) in [7, 11) is -5.29. The number of nitrogens with one attached hydrogen (secondary N) is 2. The number of ether oxygens (including phenoxy) is 6. The molecule has 0 spiro atoms. The van der Waals surface area contributed by atoms with Crippen molar-refractivity contribution >= 4 is 43.5 Å². The molecule has 1 unspecified atom stereocenters. The van der Waals surface area contributed by atoms with E-state index in [-0.39, 0.29) is 62.5 Å². The van der Waals surface area contributed by atoms with Crippen molar-refractivity contribution in [3.8, 4) is 11.5 Å². The van der Waals surface area contributed by atoms with Crippen LogP contribution in [0.1, 0.15) is 503 Å². The van der Waals surface area contributed by atoms with Crippen molar-refractivity contribution in [2.24, 2.45) is 0 Å². The lowest BCUT2D eigenvalue weighted by molar-refractivity contribution is -0.395. The molecule has 0 aromatic heterocycles. The summed E-state index contributed by atoms with van der Waals surface area (Å²) >= 11 is 0. The number of hydrogen-bond donors (Lipinski definition) is 4. The molecule has 8 atom stereocenters. The van der Waals surface area contributed by atoms with Gasteiger partial charge in [0.05, 0.1) is 32.5 Å². The molecule has 4 rings (SSSR count). The largest absolute Gasteiger partial charge is 0.588 e. The van der Waals surface area contributed by atoms with Gasteiger partial charge in [0, 0.05) is 25.8 Å². The minimum atomic E-state index is -5.29. The van der Waals surface area contributed by atoms with Gasteiger partial charge in [-0.1, -0.05) is 455 Å². The number of carbonyl (C=O) groups is 6. The summed E-state index contributed by atoms with van der Waals surface area (Å²) in [5, 5.41) is 32.0. The summed E-state index contributed by atoms with van der Waals surface area (Å²) in [6.45, 7) is 11.7. The second-order valence-corrected chi connectivity index (χ2v) is 40.0. The van der Waals surface area contributed by atoms with Gasteiger partial charge in [0.2, 0.25) is 11.8 Å². The fourth-order valence-electron chi connectivity index (χ4n) is 18.4. The van der Waals surface area contributed by atoms with Crippen LogP contribution in [0.2, 0.25) is 0 Å². The third-order valence-corrected chi connectivity index (χ3v) is 27.7. The molecule has 0 bridgehead atoms. The van der Waals surface area contributed by atoms with Crippen LogP contribution in [-0.4, -0.2) is 107 Å². The molecule has 1 fully saturated rings. The first kappa shape index (κ1) is 119. The van der Waals surface area contributed by atoms with Gasteiger partial charge < -0.3 is 58.3 Å². The Morgan fingerprint density at radius 2 is 0.662 bits per heavy atom. The smallest absolute Gasteiger partial charge is 0.462 e. The molecule has 3 aromatic rings. The van der Waals surface area contributed by atoms with Crippen LogP contribution in [0.15, 0.2) is 91.0 Å². The standard InChI is InChI=1S/C112H191N2O18P/c1-7-13-19-25-31-37-40-46-52-58-73-86-105(118)125-99(83-66-55-49-43-34-28-22-16-10-4)91-103(116)113-90-76-89-111(114-104(117)92-100(84-67-56-50-44-35-29-23-17-11-5)126-106(119)87-74-59-53-47-41-38-32-26-20-14-8-2)110(122)128-102(94-115)109(132-133(123,130-97-79-69-62-70-80-97)131-98-81-71-63-72-82-98)112(111,124-95-96-77-64-61-65-78-96)129-108(121)93-101(85-68-57-51-45-36-30-24-18-12-6)127-107(120)88-75-60-54-48-42-39-33-27-21-15-9-3/h61-65,69-72,77-82,99-102,109-110,115,122H,7-60,66-68,73-76,83-95H2,1-6H3,(H,113,116)(H,114,117)/t99-,100-,101-,102-,109-,110-,111?,112+/m1/s1. The van der Waals surface area contributed by atoms with Crippen molar-refractivity contribution in [3.05, 3.63) is 96.6 Å². The molecule has 0 aliphatic carbocycles. The van der Waals surface area contributed by atoms with Crippen molar-refractivity contribution in [3.63, 3.8) is 0 Å². The maximum absolute atomic E-state index is 16.5. The third-order valence-electron chi connectivity index (χ3n) is 26.4. The van der Waals surface area contributed by atoms with Gasteiger partial charge in [-0.2, -0.15) is 0 Å². The molecule has 2 amide bonds. The lowest BCUT2D eigenvalue weighted by Crippen LogP contribution is -2.82. The Bertz CT molecular complexity index is 3310. The van der Waals surface area contributed by atoms with Crippen LogP contribution < -0.4 is 19.7 Å². The number of para-hydroxylation sites is 2. The van der Waals surface area contributed by atoms with Gasteiger partial charge in [0.15, 0.2) is 17.9 Å². The van der Waals surface area contributed by atoms with E-state index in [0.717, 1.165) is 180 Å². The molecule has 21 heteroatoms. The first-order valence-electron chi connectivity index (χ1n) is 54.8. The van der Waals surface area contributed by atoms with Gasteiger partial charge in [-0.15, -0.1) is 0 Å². The summed E-state index contributed by atoms with van der Waals surface area (Å²) in [6, 6.07) is 25.2. The van der Waals surface area contributed by atoms with E-state index in [1.165, 1.54) is 173 Å². The zero-order chi connectivity index (χ0) is 95.9. The molecule has 0 radical (unpaired) electrons. The number of rotatable bonds is 91. The van der Waals surface area contributed by atoms with E-state index in [4.69, 9.17) is 42.0 Å². The quantitative estimate of drug-likeness (QED) is 0.0134. The summed E-state index contributed by atoms with van der Waals surface area (Å²) in [5.74, 6) is -6.55. The van der Waals surface area contributed by atoms with Crippen molar-refractivity contribution in [2.45, 2.75) is 552 Å². The average Bonchev–Trinajstić information content (AvgIpc) is 0.705. The Labute approximate surface area is 808 Å². The van der Waals surface area contributed by atoms with Crippen LogP contribution >= 0.6 is 7.82 Å². The van der Waals surface area contributed by atoms with E-state index in [0.29, 0.717) is 50.5 Å². The Hall–Kier alpha value is -5.89. The van der Waals surface area contributed by atoms with E-state index in [1.54, 1.807) is 84.9 Å². The van der Waals surface area contributed by atoms with E-state index >= 15 is 14.2 Å². The van der Waals surface area contributed by atoms with E-state index in [9.17, 15) is 29.4 Å². The number of esters is 4. The fourth-order valence-corrected chi connectivity index (χ4v) is 19.8. The van der Waals surface area contributed by atoms with Crippen molar-refractivity contribution in [1.82, 2.24) is 10.6 Å². The minimum absolute atomic E-state index is 0.0158. The molecule has 133 heavy (non-hydrogen) atoms. The number of aliphatic hydroxyl groups excluding tert-OH is 2. The normalized spacial score (nSPS) is 16.8. The predicted molar refractivity (Wildman–Crippen MR) is 540 cm³/mol. The molecular weight excluding hydrogens is 1690 g/mol. The third kappa shape index (κ3) is 57.3. The molecular formula is C112H191N2O18P. The average molecular weight is 1880 g/mol. The molecule has 20 nitrogen and oxygen atoms in total. The zero-order valence-corrected chi connectivity index (χ0v) is 85.7. The number of carbonyl (C=O) groups excluding carboxylic acids is 6. The molecule has 0 saturated carbocycles. The van der Waals surface area contributed by atoms with Gasteiger partial charge in [0.1, 0.15) is 35.9 Å². The van der Waals surface area contributed by atoms with Gasteiger partial charge >= 0.3 is 31.7 Å². The Kier molecular flexibility index (Phi) is 71.8. The van der Waals surface area contributed by atoms with Crippen molar-refractivity contribution in [1.29, 1.82) is 0 Å². The van der Waals surface area contributed by atoms with E-state index in [1.807, 2.05) is 6.07 Å². The highest BCUT2D eigenvalue weighted by atomic mass is 31.2. The molecule has 3 aromatic carbocycles. The van der Waals surface area contributed by atoms with Crippen LogP contribution in [0, 0.1) is 0 Å². The van der Waals surface area contributed by atoms with Gasteiger partial charge in [-0.05, 0) is 100 Å². The SMILES string of the molecule is CCCCCCCCCCCCCC(=O)O[C@H](CCCCCCCCCCC)CC(=O)NCCCC1(NC(=O)C[C@@H](CCCCCCCCCCC)OC(=O)CCCCCCCCCCCCC)[C@H](O)O[C@H](CO)[C@@H](OP(=O)(Oc2ccccc2)Oc2ccccc2)[C@]1(OCc1ccccc1)OC(=O)C[C@@H](CCCCCCCCCCC)OC(=O)CCCCCCCCCCCCC. The maximum Gasteiger partial charge on any atom is 0.588 e. The first-order valence-corrected chi connectivity index (χ1v) is 56.3. The van der Waals surface area contributed by atoms with E-state index < -0.39 is 118 Å². The summed E-state index contributed by atoms with van der Waals surface area (Å²) in [6.07, 6.45) is 55.1. The summed E-state index contributed by atoms with van der Waals surface area (Å²) in [4.78, 5) is 90.2. The zero-order valence-electron chi connectivity index (χ0n) is 84.8. The molecule has 4 N–H and O–H groups in total. The van der Waals surface area contributed by atoms with E-state index in [2.05, 4.69) is 52.2 Å². The Balaban J connectivity index is 1.97. The molecule has 1 aliphatic heterocycles. The number of benzene rings is 3. The molecule has 1 heterocycles. The van der Waals surface area contributed by atoms with Gasteiger partial charge in [-0.25, -0.2) is 4.57 Å². The first-order chi connectivity index (χ1) is 65.0. The van der Waals surface area contributed by atoms with Crippen LogP contribution in [0.25, 0.3) is 0 Å². The second-order valence-electron chi connectivity index (χ2n) is 38.5. The monoisotopic (exact) mass is 1880 g/mol. The number of amides is 2. The van der Waals surface area contributed by atoms with Crippen LogP contribution in [-0.2, 0) is 72.9 Å². The van der Waals surface area contributed by atoms with Gasteiger partial charge in [-0.3, -0.25) is 33.3 Å².